The first-order valence-electron chi connectivity index (χ1n) is 10.6. The highest BCUT2D eigenvalue weighted by Gasteiger charge is 2.24. The Kier molecular flexibility index (Phi) is 4.85. The van der Waals surface area contributed by atoms with E-state index in [1.165, 1.54) is 44.9 Å². The number of rotatable bonds is 5. The van der Waals surface area contributed by atoms with Crippen molar-refractivity contribution in [1.82, 2.24) is 4.98 Å². The Morgan fingerprint density at radius 3 is 2.66 bits per heavy atom. The Morgan fingerprint density at radius 1 is 1.00 bits per heavy atom. The van der Waals surface area contributed by atoms with E-state index in [1.54, 1.807) is 0 Å². The molecule has 0 spiro atoms. The molecule has 2 aromatic carbocycles. The van der Waals surface area contributed by atoms with Crippen molar-refractivity contribution in [2.75, 3.05) is 0 Å². The second kappa shape index (κ2) is 7.79. The fraction of sp³-hybridized carbons (Fsp3) is 0.259. The Morgan fingerprint density at radius 2 is 1.83 bits per heavy atom. The van der Waals surface area contributed by atoms with Crippen LogP contribution in [-0.2, 0) is 24.2 Å². The van der Waals surface area contributed by atoms with E-state index in [4.69, 9.17) is 4.74 Å². The van der Waals surface area contributed by atoms with Gasteiger partial charge < -0.3 is 9.72 Å². The molecule has 2 heteroatoms. The zero-order valence-electron chi connectivity index (χ0n) is 16.9. The highest BCUT2D eigenvalue weighted by atomic mass is 16.5. The summed E-state index contributed by atoms with van der Waals surface area (Å²) in [6, 6.07) is 19.3. The molecule has 2 nitrogen and oxygen atoms in total. The van der Waals surface area contributed by atoms with Crippen molar-refractivity contribution in [1.29, 1.82) is 0 Å². The van der Waals surface area contributed by atoms with Crippen molar-refractivity contribution in [2.24, 2.45) is 0 Å². The lowest BCUT2D eigenvalue weighted by Gasteiger charge is -2.20. The number of hydrogen-bond acceptors (Lipinski definition) is 1. The van der Waals surface area contributed by atoms with Crippen LogP contribution in [0.1, 0.15) is 46.6 Å². The quantitative estimate of drug-likeness (QED) is 0.683. The molecule has 1 unspecified atom stereocenters. The predicted molar refractivity (Wildman–Crippen MR) is 119 cm³/mol. The largest absolute Gasteiger partial charge is 0.487 e. The maximum atomic E-state index is 6.27. The summed E-state index contributed by atoms with van der Waals surface area (Å²) in [5.41, 5.74) is 6.84. The molecule has 0 aliphatic heterocycles. The van der Waals surface area contributed by atoms with E-state index >= 15 is 0 Å². The summed E-state index contributed by atoms with van der Waals surface area (Å²) >= 11 is 0. The number of nitrogens with one attached hydrogen (secondary N) is 1. The minimum absolute atomic E-state index is 0.392. The van der Waals surface area contributed by atoms with Crippen molar-refractivity contribution >= 4 is 11.8 Å². The normalized spacial score (nSPS) is 17.4. The molecule has 0 saturated heterocycles. The SMILES string of the molecule is Cc1ccc(CC2C=CC(OCc3ccccc3)=c3[nH]c4c(c32)CCCC=4)cc1. The van der Waals surface area contributed by atoms with Crippen LogP contribution in [0, 0.1) is 6.92 Å². The number of ether oxygens (including phenoxy) is 1. The third-order valence-corrected chi connectivity index (χ3v) is 6.07. The Labute approximate surface area is 172 Å². The lowest BCUT2D eigenvalue weighted by molar-refractivity contribution is 0.262. The van der Waals surface area contributed by atoms with Gasteiger partial charge in [-0.2, -0.15) is 0 Å². The standard InChI is InChI=1S/C27H27NO/c1-19-11-13-20(14-12-19)17-22-15-16-25(29-18-21-7-3-2-4-8-21)27-26(22)23-9-5-6-10-24(23)28-27/h2-4,7-8,10-16,22,28H,5-6,9,17-18H2,1H3. The summed E-state index contributed by atoms with van der Waals surface area (Å²) < 4.78 is 6.27. The van der Waals surface area contributed by atoms with Crippen LogP contribution in [0.15, 0.2) is 66.7 Å². The monoisotopic (exact) mass is 381 g/mol. The number of H-pyrrole nitrogens is 1. The Bertz CT molecular complexity index is 1150. The first-order valence-corrected chi connectivity index (χ1v) is 10.6. The van der Waals surface area contributed by atoms with Crippen LogP contribution in [0.3, 0.4) is 0 Å². The number of aromatic nitrogens is 1. The van der Waals surface area contributed by atoms with Crippen molar-refractivity contribution in [3.8, 4) is 0 Å². The maximum Gasteiger partial charge on any atom is 0.143 e. The van der Waals surface area contributed by atoms with Crippen LogP contribution < -0.4 is 10.7 Å². The molecule has 1 aromatic heterocycles. The highest BCUT2D eigenvalue weighted by molar-refractivity contribution is 5.58. The molecule has 0 amide bonds. The summed E-state index contributed by atoms with van der Waals surface area (Å²) in [6.45, 7) is 2.74. The van der Waals surface area contributed by atoms with Gasteiger partial charge in [-0.3, -0.25) is 0 Å². The second-order valence-corrected chi connectivity index (χ2v) is 8.20. The predicted octanol–water partition coefficient (Wildman–Crippen LogP) is 4.66. The minimum Gasteiger partial charge on any atom is -0.487 e. The Balaban J connectivity index is 1.52. The van der Waals surface area contributed by atoms with E-state index in [9.17, 15) is 0 Å². The third kappa shape index (κ3) is 3.67. The average molecular weight is 382 g/mol. The van der Waals surface area contributed by atoms with Gasteiger partial charge in [0.1, 0.15) is 12.4 Å². The van der Waals surface area contributed by atoms with Crippen LogP contribution in [0.4, 0.5) is 0 Å². The van der Waals surface area contributed by atoms with Crippen molar-refractivity contribution in [2.45, 2.75) is 45.1 Å². The van der Waals surface area contributed by atoms with Crippen LogP contribution >= 0.6 is 0 Å². The molecule has 2 aliphatic rings. The first kappa shape index (κ1) is 18.1. The molecule has 0 fully saturated rings. The van der Waals surface area contributed by atoms with E-state index in [0.717, 1.165) is 25.0 Å². The molecule has 29 heavy (non-hydrogen) atoms. The van der Waals surface area contributed by atoms with Gasteiger partial charge in [-0.05, 0) is 60.9 Å². The fourth-order valence-corrected chi connectivity index (χ4v) is 4.53. The van der Waals surface area contributed by atoms with E-state index < -0.39 is 0 Å². The number of aryl methyl sites for hydroxylation is 1. The summed E-state index contributed by atoms with van der Waals surface area (Å²) in [7, 11) is 0. The van der Waals surface area contributed by atoms with E-state index in [-0.39, 0.29) is 0 Å². The molecule has 5 rings (SSSR count). The molecule has 0 bridgehead atoms. The summed E-state index contributed by atoms with van der Waals surface area (Å²) in [5.74, 6) is 1.36. The second-order valence-electron chi connectivity index (χ2n) is 8.20. The van der Waals surface area contributed by atoms with Gasteiger partial charge >= 0.3 is 0 Å². The summed E-state index contributed by atoms with van der Waals surface area (Å²) in [6.07, 6.45) is 11.4. The van der Waals surface area contributed by atoms with Crippen molar-refractivity contribution in [3.63, 3.8) is 0 Å². The summed E-state index contributed by atoms with van der Waals surface area (Å²) in [4.78, 5) is 3.70. The van der Waals surface area contributed by atoms with Gasteiger partial charge in [0, 0.05) is 11.3 Å². The topological polar surface area (TPSA) is 25.0 Å². The van der Waals surface area contributed by atoms with Crippen LogP contribution in [0.5, 0.6) is 0 Å². The molecule has 3 aromatic rings. The third-order valence-electron chi connectivity index (χ3n) is 6.07. The number of benzene rings is 2. The van der Waals surface area contributed by atoms with Gasteiger partial charge in [0.25, 0.3) is 0 Å². The number of fused-ring (bicyclic) bond motifs is 3. The fourth-order valence-electron chi connectivity index (χ4n) is 4.53. The lowest BCUT2D eigenvalue weighted by atomic mass is 9.85. The van der Waals surface area contributed by atoms with E-state index in [2.05, 4.69) is 78.7 Å². The molecular weight excluding hydrogens is 354 g/mol. The van der Waals surface area contributed by atoms with Crippen LogP contribution in [0.2, 0.25) is 0 Å². The first-order chi connectivity index (χ1) is 14.3. The molecule has 0 saturated carbocycles. The van der Waals surface area contributed by atoms with Gasteiger partial charge in [-0.15, -0.1) is 0 Å². The van der Waals surface area contributed by atoms with Crippen LogP contribution in [-0.4, -0.2) is 4.98 Å². The van der Waals surface area contributed by atoms with Gasteiger partial charge in [-0.25, -0.2) is 0 Å². The molecule has 0 radical (unpaired) electrons. The van der Waals surface area contributed by atoms with Gasteiger partial charge in [0.05, 0.1) is 5.35 Å². The number of hydrogen-bond donors (Lipinski definition) is 1. The van der Waals surface area contributed by atoms with E-state index in [1.807, 2.05) is 6.07 Å². The zero-order valence-corrected chi connectivity index (χ0v) is 16.9. The van der Waals surface area contributed by atoms with E-state index in [0.29, 0.717) is 12.5 Å². The molecule has 2 aliphatic carbocycles. The van der Waals surface area contributed by atoms with Gasteiger partial charge in [-0.1, -0.05) is 72.3 Å². The molecule has 1 heterocycles. The maximum absolute atomic E-state index is 6.27. The van der Waals surface area contributed by atoms with Gasteiger partial charge in [0.2, 0.25) is 0 Å². The molecule has 146 valence electrons. The van der Waals surface area contributed by atoms with Gasteiger partial charge in [0.15, 0.2) is 0 Å². The highest BCUT2D eigenvalue weighted by Crippen LogP contribution is 2.28. The van der Waals surface area contributed by atoms with Crippen molar-refractivity contribution < 1.29 is 4.74 Å². The minimum atomic E-state index is 0.392. The number of allylic oxidation sites excluding steroid dienone is 1. The zero-order chi connectivity index (χ0) is 19.6. The molecule has 1 atom stereocenters. The lowest BCUT2D eigenvalue weighted by Crippen LogP contribution is -2.22. The van der Waals surface area contributed by atoms with Crippen molar-refractivity contribution in [3.05, 3.63) is 105 Å². The van der Waals surface area contributed by atoms with Crippen LogP contribution in [0.25, 0.3) is 11.8 Å². The molecular formula is C27H27NO. The number of aromatic amines is 1. The smallest absolute Gasteiger partial charge is 0.143 e. The average Bonchev–Trinajstić information content (AvgIpc) is 3.16. The Hall–Kier alpha value is -3.00. The molecule has 1 N–H and O–H groups in total. The summed E-state index contributed by atoms with van der Waals surface area (Å²) in [5, 5.41) is 2.49.